The number of hydrogen-bond donors (Lipinski definition) is 1. The van der Waals surface area contributed by atoms with Gasteiger partial charge in [-0.15, -0.1) is 0 Å². The van der Waals surface area contributed by atoms with Crippen LogP contribution < -0.4 is 0 Å². The molecule has 6 nitrogen and oxygen atoms in total. The van der Waals surface area contributed by atoms with Gasteiger partial charge >= 0.3 is 0 Å². The number of morpholine rings is 1. The van der Waals surface area contributed by atoms with E-state index in [-0.39, 0.29) is 5.88 Å². The number of nitrogens with zero attached hydrogens (tertiary/aromatic N) is 4. The summed E-state index contributed by atoms with van der Waals surface area (Å²) in [4.78, 5) is 2.42. The number of benzene rings is 1. The Kier molecular flexibility index (Phi) is 4.01. The Bertz CT molecular complexity index is 656. The van der Waals surface area contributed by atoms with Crippen molar-refractivity contribution in [2.45, 2.75) is 44.4 Å². The molecular formula is C17H22N4O2. The van der Waals surface area contributed by atoms with Gasteiger partial charge in [-0.1, -0.05) is 41.4 Å². The van der Waals surface area contributed by atoms with Crippen LogP contribution in [0.25, 0.3) is 5.69 Å². The minimum atomic E-state index is 0.0210. The molecule has 2 fully saturated rings. The van der Waals surface area contributed by atoms with E-state index >= 15 is 0 Å². The van der Waals surface area contributed by atoms with E-state index in [1.54, 1.807) is 4.68 Å². The fourth-order valence-electron chi connectivity index (χ4n) is 3.77. The van der Waals surface area contributed by atoms with Crippen molar-refractivity contribution in [1.29, 1.82) is 0 Å². The lowest BCUT2D eigenvalue weighted by molar-refractivity contribution is -0.0917. The Morgan fingerprint density at radius 3 is 2.87 bits per heavy atom. The highest BCUT2D eigenvalue weighted by Crippen LogP contribution is 2.30. The van der Waals surface area contributed by atoms with Crippen molar-refractivity contribution in [3.05, 3.63) is 36.0 Å². The lowest BCUT2D eigenvalue weighted by Gasteiger charge is -2.43. The number of aromatic hydroxyl groups is 1. The molecule has 6 heteroatoms. The van der Waals surface area contributed by atoms with Crippen LogP contribution >= 0.6 is 0 Å². The first-order chi connectivity index (χ1) is 11.3. The maximum absolute atomic E-state index is 10.2. The molecule has 122 valence electrons. The Morgan fingerprint density at radius 1 is 1.17 bits per heavy atom. The van der Waals surface area contributed by atoms with E-state index < -0.39 is 0 Å². The highest BCUT2D eigenvalue weighted by atomic mass is 16.5. The molecule has 0 bridgehead atoms. The maximum Gasteiger partial charge on any atom is 0.256 e. The summed E-state index contributed by atoms with van der Waals surface area (Å²) >= 11 is 0. The van der Waals surface area contributed by atoms with E-state index in [4.69, 9.17) is 4.74 Å². The van der Waals surface area contributed by atoms with Crippen LogP contribution in [-0.2, 0) is 11.3 Å². The monoisotopic (exact) mass is 314 g/mol. The normalized spacial score (nSPS) is 25.2. The van der Waals surface area contributed by atoms with Gasteiger partial charge in [-0.2, -0.15) is 0 Å². The maximum atomic E-state index is 10.2. The van der Waals surface area contributed by atoms with Crippen molar-refractivity contribution in [3.8, 4) is 11.6 Å². The molecule has 4 rings (SSSR count). The van der Waals surface area contributed by atoms with E-state index in [0.717, 1.165) is 31.0 Å². The highest BCUT2D eigenvalue weighted by molar-refractivity contribution is 5.34. The third-order valence-corrected chi connectivity index (χ3v) is 4.94. The Morgan fingerprint density at radius 2 is 2.00 bits per heavy atom. The van der Waals surface area contributed by atoms with Gasteiger partial charge in [0.1, 0.15) is 5.69 Å². The molecule has 0 radical (unpaired) electrons. The van der Waals surface area contributed by atoms with Gasteiger partial charge in [-0.05, 0) is 25.0 Å². The zero-order valence-corrected chi connectivity index (χ0v) is 13.1. The molecule has 23 heavy (non-hydrogen) atoms. The van der Waals surface area contributed by atoms with Crippen LogP contribution in [0.4, 0.5) is 0 Å². The van der Waals surface area contributed by atoms with Crippen molar-refractivity contribution in [3.63, 3.8) is 0 Å². The summed E-state index contributed by atoms with van der Waals surface area (Å²) in [5.74, 6) is 0.0210. The summed E-state index contributed by atoms with van der Waals surface area (Å²) < 4.78 is 7.67. The third kappa shape index (κ3) is 2.84. The zero-order valence-electron chi connectivity index (χ0n) is 13.1. The lowest BCUT2D eigenvalue weighted by atomic mass is 9.90. The van der Waals surface area contributed by atoms with Crippen LogP contribution in [0.15, 0.2) is 30.3 Å². The summed E-state index contributed by atoms with van der Waals surface area (Å²) in [6.45, 7) is 2.30. The van der Waals surface area contributed by atoms with Gasteiger partial charge in [-0.25, -0.2) is 4.68 Å². The van der Waals surface area contributed by atoms with Crippen LogP contribution in [-0.4, -0.2) is 50.3 Å². The van der Waals surface area contributed by atoms with Gasteiger partial charge in [-0.3, -0.25) is 4.90 Å². The Hall–Kier alpha value is -1.92. The van der Waals surface area contributed by atoms with Gasteiger partial charge in [0.2, 0.25) is 0 Å². The molecule has 2 aromatic rings. The van der Waals surface area contributed by atoms with Crippen molar-refractivity contribution in [1.82, 2.24) is 19.9 Å². The molecule has 1 saturated carbocycles. The van der Waals surface area contributed by atoms with Crippen LogP contribution in [0.1, 0.15) is 31.4 Å². The smallest absolute Gasteiger partial charge is 0.256 e. The van der Waals surface area contributed by atoms with E-state index in [9.17, 15) is 5.11 Å². The summed E-state index contributed by atoms with van der Waals surface area (Å²) in [6.07, 6.45) is 5.15. The van der Waals surface area contributed by atoms with Gasteiger partial charge in [0.05, 0.1) is 18.4 Å². The quantitative estimate of drug-likeness (QED) is 0.940. The molecule has 2 heterocycles. The third-order valence-electron chi connectivity index (χ3n) is 4.94. The molecule has 1 aliphatic heterocycles. The summed E-state index contributed by atoms with van der Waals surface area (Å²) in [7, 11) is 0. The van der Waals surface area contributed by atoms with E-state index in [1.165, 1.54) is 19.3 Å². The van der Waals surface area contributed by atoms with Gasteiger partial charge in [0, 0.05) is 19.1 Å². The van der Waals surface area contributed by atoms with E-state index in [2.05, 4.69) is 15.2 Å². The fraction of sp³-hybridized carbons (Fsp3) is 0.529. The molecule has 1 aromatic heterocycles. The second-order valence-electron chi connectivity index (χ2n) is 6.34. The summed E-state index contributed by atoms with van der Waals surface area (Å²) in [5, 5.41) is 18.2. The molecule has 1 N–H and O–H groups in total. The molecule has 1 saturated heterocycles. The zero-order chi connectivity index (χ0) is 15.6. The fourth-order valence-corrected chi connectivity index (χ4v) is 3.77. The highest BCUT2D eigenvalue weighted by Gasteiger charge is 2.35. The molecular weight excluding hydrogens is 292 g/mol. The number of rotatable bonds is 3. The van der Waals surface area contributed by atoms with Gasteiger partial charge in [0.25, 0.3) is 5.88 Å². The Labute approximate surface area is 135 Å². The van der Waals surface area contributed by atoms with Crippen molar-refractivity contribution in [2.75, 3.05) is 13.2 Å². The number of fused-ring (bicyclic) bond motifs is 1. The van der Waals surface area contributed by atoms with E-state index in [0.29, 0.717) is 18.7 Å². The molecule has 2 aliphatic rings. The Balaban J connectivity index is 1.60. The van der Waals surface area contributed by atoms with Crippen molar-refractivity contribution < 1.29 is 9.84 Å². The summed E-state index contributed by atoms with van der Waals surface area (Å²) in [6, 6.07) is 10.3. The van der Waals surface area contributed by atoms with Crippen molar-refractivity contribution in [2.24, 2.45) is 0 Å². The SMILES string of the molecule is Oc1nnn(-c2ccccc2)c1CN1CCO[C@@H]2CCCC[C@H]21. The molecule has 0 spiro atoms. The van der Waals surface area contributed by atoms with Crippen LogP contribution in [0.2, 0.25) is 0 Å². The standard InChI is InChI=1S/C17H22N4O2/c22-17-15(21(19-18-17)13-6-2-1-3-7-13)12-20-10-11-23-16-9-5-4-8-14(16)20/h1-3,6-7,14,16,22H,4-5,8-12H2/t14-,16-/m1/s1. The average Bonchev–Trinajstić information content (AvgIpc) is 2.97. The number of aromatic nitrogens is 3. The molecule has 1 aromatic carbocycles. The van der Waals surface area contributed by atoms with Crippen LogP contribution in [0.5, 0.6) is 5.88 Å². The second-order valence-corrected chi connectivity index (χ2v) is 6.34. The topological polar surface area (TPSA) is 63.4 Å². The number of hydrogen-bond acceptors (Lipinski definition) is 5. The second kappa shape index (κ2) is 6.29. The first-order valence-electron chi connectivity index (χ1n) is 8.37. The number of ether oxygens (including phenoxy) is 1. The predicted octanol–water partition coefficient (Wildman–Crippen LogP) is 2.12. The predicted molar refractivity (Wildman–Crippen MR) is 85.4 cm³/mol. The van der Waals surface area contributed by atoms with Crippen LogP contribution in [0.3, 0.4) is 0 Å². The molecule has 1 aliphatic carbocycles. The number of para-hydroxylation sites is 1. The van der Waals surface area contributed by atoms with Gasteiger partial charge < -0.3 is 9.84 Å². The molecule has 2 atom stereocenters. The minimum Gasteiger partial charge on any atom is -0.491 e. The van der Waals surface area contributed by atoms with Gasteiger partial charge in [0.15, 0.2) is 0 Å². The first-order valence-corrected chi connectivity index (χ1v) is 8.37. The average molecular weight is 314 g/mol. The summed E-state index contributed by atoms with van der Waals surface area (Å²) in [5.41, 5.74) is 1.67. The van der Waals surface area contributed by atoms with E-state index in [1.807, 2.05) is 30.3 Å². The molecule has 0 unspecified atom stereocenters. The molecule has 0 amide bonds. The van der Waals surface area contributed by atoms with Crippen molar-refractivity contribution >= 4 is 0 Å². The minimum absolute atomic E-state index is 0.0210. The van der Waals surface area contributed by atoms with Crippen LogP contribution in [0, 0.1) is 0 Å². The lowest BCUT2D eigenvalue weighted by Crippen LogP contribution is -2.52. The largest absolute Gasteiger partial charge is 0.491 e. The first kappa shape index (κ1) is 14.7.